The Morgan fingerprint density at radius 3 is 2.50 bits per heavy atom. The largest absolute Gasteiger partial charge is 0.379 e. The van der Waals surface area contributed by atoms with Crippen LogP contribution < -0.4 is 10.6 Å². The summed E-state index contributed by atoms with van der Waals surface area (Å²) in [5.41, 5.74) is 5.87. The molecule has 0 saturated carbocycles. The quantitative estimate of drug-likeness (QED) is 0.790. The van der Waals surface area contributed by atoms with Crippen LogP contribution in [0.2, 0.25) is 0 Å². The molecule has 26 heavy (non-hydrogen) atoms. The number of pyridine rings is 1. The summed E-state index contributed by atoms with van der Waals surface area (Å²) in [4.78, 5) is 35.1. The standard InChI is InChI=1S/C18H27N5O3/c1-2-15(21-10-12-26-13-11-21)18(25)23-8-6-22(7-9-23)17-14(16(19)24)4-3-5-20-17/h3-5,15H,2,6-13H2,1H3,(H2,19,24)/t15-/m0/s1. The number of morpholine rings is 1. The van der Waals surface area contributed by atoms with Gasteiger partial charge in [0.15, 0.2) is 0 Å². The lowest BCUT2D eigenvalue weighted by Gasteiger charge is -2.40. The van der Waals surface area contributed by atoms with Gasteiger partial charge in [0, 0.05) is 45.5 Å². The second kappa shape index (κ2) is 8.46. The average Bonchev–Trinajstić information content (AvgIpc) is 2.69. The molecule has 2 aliphatic heterocycles. The first-order valence-corrected chi connectivity index (χ1v) is 9.22. The lowest BCUT2D eigenvalue weighted by atomic mass is 10.1. The SMILES string of the molecule is CC[C@@H](C(=O)N1CCN(c2ncccc2C(N)=O)CC1)N1CCOCC1. The number of carbonyl (C=O) groups is 2. The van der Waals surface area contributed by atoms with Gasteiger partial charge < -0.3 is 20.3 Å². The van der Waals surface area contributed by atoms with Gasteiger partial charge in [-0.05, 0) is 18.6 Å². The highest BCUT2D eigenvalue weighted by Gasteiger charge is 2.32. The molecule has 8 heteroatoms. The molecule has 1 aromatic heterocycles. The van der Waals surface area contributed by atoms with E-state index in [0.29, 0.717) is 50.8 Å². The topological polar surface area (TPSA) is 92.0 Å². The zero-order chi connectivity index (χ0) is 18.5. The minimum Gasteiger partial charge on any atom is -0.379 e. The molecule has 0 spiro atoms. The van der Waals surface area contributed by atoms with Crippen molar-refractivity contribution in [3.05, 3.63) is 23.9 Å². The van der Waals surface area contributed by atoms with E-state index in [1.807, 2.05) is 9.80 Å². The van der Waals surface area contributed by atoms with E-state index in [1.54, 1.807) is 18.3 Å². The van der Waals surface area contributed by atoms with Crippen LogP contribution in [0.15, 0.2) is 18.3 Å². The zero-order valence-corrected chi connectivity index (χ0v) is 15.3. The number of primary amides is 1. The van der Waals surface area contributed by atoms with Crippen molar-refractivity contribution in [2.75, 3.05) is 57.4 Å². The van der Waals surface area contributed by atoms with E-state index >= 15 is 0 Å². The first kappa shape index (κ1) is 18.6. The Morgan fingerprint density at radius 1 is 1.19 bits per heavy atom. The van der Waals surface area contributed by atoms with Crippen molar-refractivity contribution in [2.24, 2.45) is 5.73 Å². The molecule has 0 bridgehead atoms. The molecule has 8 nitrogen and oxygen atoms in total. The Hall–Kier alpha value is -2.19. The monoisotopic (exact) mass is 361 g/mol. The molecule has 3 rings (SSSR count). The molecule has 2 fully saturated rings. The first-order chi connectivity index (χ1) is 12.6. The Bertz CT molecular complexity index is 639. The molecule has 1 aromatic rings. The number of carbonyl (C=O) groups excluding carboxylic acids is 2. The number of hydrogen-bond donors (Lipinski definition) is 1. The maximum atomic E-state index is 13.0. The molecule has 0 aromatic carbocycles. The second-order valence-corrected chi connectivity index (χ2v) is 6.62. The fourth-order valence-electron chi connectivity index (χ4n) is 3.67. The van der Waals surface area contributed by atoms with E-state index in [-0.39, 0.29) is 11.9 Å². The van der Waals surface area contributed by atoms with Crippen LogP contribution in [0.3, 0.4) is 0 Å². The highest BCUT2D eigenvalue weighted by Crippen LogP contribution is 2.20. The van der Waals surface area contributed by atoms with Gasteiger partial charge >= 0.3 is 0 Å². The number of anilines is 1. The molecular weight excluding hydrogens is 334 g/mol. The Kier molecular flexibility index (Phi) is 6.05. The van der Waals surface area contributed by atoms with Crippen LogP contribution in [-0.4, -0.2) is 85.1 Å². The van der Waals surface area contributed by atoms with Crippen molar-refractivity contribution in [1.82, 2.24) is 14.8 Å². The van der Waals surface area contributed by atoms with Crippen LogP contribution >= 0.6 is 0 Å². The third-order valence-electron chi connectivity index (χ3n) is 5.10. The van der Waals surface area contributed by atoms with Gasteiger partial charge in [-0.3, -0.25) is 14.5 Å². The van der Waals surface area contributed by atoms with Crippen molar-refractivity contribution >= 4 is 17.6 Å². The Morgan fingerprint density at radius 2 is 1.88 bits per heavy atom. The minimum absolute atomic E-state index is 0.0820. The molecule has 2 amide bonds. The number of piperazine rings is 1. The molecule has 0 radical (unpaired) electrons. The van der Waals surface area contributed by atoms with Crippen LogP contribution in [-0.2, 0) is 9.53 Å². The number of rotatable bonds is 5. The highest BCUT2D eigenvalue weighted by atomic mass is 16.5. The number of hydrogen-bond acceptors (Lipinski definition) is 6. The third-order valence-corrected chi connectivity index (χ3v) is 5.10. The molecule has 2 N–H and O–H groups in total. The third kappa shape index (κ3) is 3.96. The number of aromatic nitrogens is 1. The van der Waals surface area contributed by atoms with Crippen LogP contribution in [0, 0.1) is 0 Å². The number of amides is 2. The number of ether oxygens (including phenoxy) is 1. The first-order valence-electron chi connectivity index (χ1n) is 9.22. The predicted octanol–water partition coefficient (Wildman–Crippen LogP) is -0.0601. The van der Waals surface area contributed by atoms with Gasteiger partial charge in [-0.15, -0.1) is 0 Å². The maximum Gasteiger partial charge on any atom is 0.252 e. The van der Waals surface area contributed by atoms with E-state index in [9.17, 15) is 9.59 Å². The molecule has 2 saturated heterocycles. The fourth-order valence-corrected chi connectivity index (χ4v) is 3.67. The van der Waals surface area contributed by atoms with Crippen molar-refractivity contribution in [3.63, 3.8) is 0 Å². The highest BCUT2D eigenvalue weighted by molar-refractivity contribution is 5.97. The van der Waals surface area contributed by atoms with E-state index in [4.69, 9.17) is 10.5 Å². The fraction of sp³-hybridized carbons (Fsp3) is 0.611. The molecule has 3 heterocycles. The average molecular weight is 361 g/mol. The molecule has 142 valence electrons. The summed E-state index contributed by atoms with van der Waals surface area (Å²) in [5, 5.41) is 0. The summed E-state index contributed by atoms with van der Waals surface area (Å²) >= 11 is 0. The van der Waals surface area contributed by atoms with Gasteiger partial charge in [0.05, 0.1) is 24.8 Å². The zero-order valence-electron chi connectivity index (χ0n) is 15.3. The summed E-state index contributed by atoms with van der Waals surface area (Å²) in [7, 11) is 0. The lowest BCUT2D eigenvalue weighted by molar-refractivity contribution is -0.139. The number of nitrogens with zero attached hydrogens (tertiary/aromatic N) is 4. The van der Waals surface area contributed by atoms with Gasteiger partial charge in [-0.1, -0.05) is 6.92 Å². The Balaban J connectivity index is 1.62. The molecule has 1 atom stereocenters. The molecular formula is C18H27N5O3. The van der Waals surface area contributed by atoms with E-state index in [2.05, 4.69) is 16.8 Å². The van der Waals surface area contributed by atoms with Crippen LogP contribution in [0.25, 0.3) is 0 Å². The normalized spacial score (nSPS) is 20.0. The van der Waals surface area contributed by atoms with E-state index < -0.39 is 5.91 Å². The minimum atomic E-state index is -0.482. The van der Waals surface area contributed by atoms with Gasteiger partial charge in [0.1, 0.15) is 5.82 Å². The van der Waals surface area contributed by atoms with Gasteiger partial charge in [-0.25, -0.2) is 4.98 Å². The van der Waals surface area contributed by atoms with E-state index in [0.717, 1.165) is 19.5 Å². The van der Waals surface area contributed by atoms with Crippen molar-refractivity contribution in [3.8, 4) is 0 Å². The summed E-state index contributed by atoms with van der Waals surface area (Å²) in [6, 6.07) is 3.31. The smallest absolute Gasteiger partial charge is 0.252 e. The number of nitrogens with two attached hydrogens (primary N) is 1. The van der Waals surface area contributed by atoms with Crippen molar-refractivity contribution in [2.45, 2.75) is 19.4 Å². The Labute approximate surface area is 153 Å². The molecule has 0 unspecified atom stereocenters. The van der Waals surface area contributed by atoms with Gasteiger partial charge in [0.2, 0.25) is 5.91 Å². The van der Waals surface area contributed by atoms with E-state index in [1.165, 1.54) is 0 Å². The summed E-state index contributed by atoms with van der Waals surface area (Å²) in [6.45, 7) is 7.57. The van der Waals surface area contributed by atoms with Crippen molar-refractivity contribution < 1.29 is 14.3 Å². The van der Waals surface area contributed by atoms with Crippen molar-refractivity contribution in [1.29, 1.82) is 0 Å². The second-order valence-electron chi connectivity index (χ2n) is 6.62. The van der Waals surface area contributed by atoms with Crippen LogP contribution in [0.4, 0.5) is 5.82 Å². The molecule has 2 aliphatic rings. The maximum absolute atomic E-state index is 13.0. The lowest BCUT2D eigenvalue weighted by Crippen LogP contribution is -2.56. The molecule has 0 aliphatic carbocycles. The van der Waals surface area contributed by atoms with Gasteiger partial charge in [0.25, 0.3) is 5.91 Å². The summed E-state index contributed by atoms with van der Waals surface area (Å²) in [6.07, 6.45) is 2.45. The van der Waals surface area contributed by atoms with Crippen LogP contribution in [0.1, 0.15) is 23.7 Å². The predicted molar refractivity (Wildman–Crippen MR) is 98.0 cm³/mol. The van der Waals surface area contributed by atoms with Gasteiger partial charge in [-0.2, -0.15) is 0 Å². The van der Waals surface area contributed by atoms with Crippen LogP contribution in [0.5, 0.6) is 0 Å². The summed E-state index contributed by atoms with van der Waals surface area (Å²) < 4.78 is 5.40. The summed E-state index contributed by atoms with van der Waals surface area (Å²) in [5.74, 6) is 0.308.